The number of hydrogen-bond donors (Lipinski definition) is 1. The van der Waals surface area contributed by atoms with Gasteiger partial charge >= 0.3 is 6.09 Å². The van der Waals surface area contributed by atoms with E-state index in [1.165, 1.54) is 4.90 Å². The van der Waals surface area contributed by atoms with Crippen LogP contribution in [0.4, 0.5) is 4.79 Å². The van der Waals surface area contributed by atoms with E-state index in [0.29, 0.717) is 41.6 Å². The summed E-state index contributed by atoms with van der Waals surface area (Å²) in [5.74, 6) is 0.658. The zero-order valence-electron chi connectivity index (χ0n) is 15.3. The van der Waals surface area contributed by atoms with Gasteiger partial charge in [0.1, 0.15) is 17.2 Å². The van der Waals surface area contributed by atoms with E-state index < -0.39 is 14.2 Å². The lowest BCUT2D eigenvalue weighted by molar-refractivity contribution is 0.0828. The molecule has 26 heavy (non-hydrogen) atoms. The maximum absolute atomic E-state index is 11.6. The van der Waals surface area contributed by atoms with E-state index in [4.69, 9.17) is 4.74 Å². The molecule has 10 heteroatoms. The zero-order valence-corrected chi connectivity index (χ0v) is 17.9. The summed E-state index contributed by atoms with van der Waals surface area (Å²) in [6.07, 6.45) is 2.24. The van der Waals surface area contributed by atoms with Crippen molar-refractivity contribution in [2.24, 2.45) is 0 Å². The van der Waals surface area contributed by atoms with Crippen LogP contribution in [0, 0.1) is 0 Å². The molecule has 3 heterocycles. The number of carboxylic acid groups (broad SMARTS) is 1. The van der Waals surface area contributed by atoms with Crippen molar-refractivity contribution in [3.63, 3.8) is 0 Å². The third kappa shape index (κ3) is 4.24. The summed E-state index contributed by atoms with van der Waals surface area (Å²) < 4.78 is 8.38. The van der Waals surface area contributed by atoms with Gasteiger partial charge in [0, 0.05) is 21.2 Å². The molecule has 1 aliphatic rings. The van der Waals surface area contributed by atoms with Gasteiger partial charge in [0.15, 0.2) is 11.3 Å². The molecule has 1 fully saturated rings. The van der Waals surface area contributed by atoms with Crippen LogP contribution in [0.3, 0.4) is 0 Å². The van der Waals surface area contributed by atoms with Crippen molar-refractivity contribution in [1.29, 1.82) is 0 Å². The molecular weight excluding hydrogens is 418 g/mol. The Morgan fingerprint density at radius 2 is 2.19 bits per heavy atom. The molecule has 2 aromatic heterocycles. The van der Waals surface area contributed by atoms with Crippen LogP contribution in [0.25, 0.3) is 11.3 Å². The fourth-order valence-electron chi connectivity index (χ4n) is 3.07. The Hall–Kier alpha value is -1.52. The van der Waals surface area contributed by atoms with Crippen LogP contribution in [0.2, 0.25) is 25.7 Å². The summed E-state index contributed by atoms with van der Waals surface area (Å²) >= 11 is 3.35. The maximum atomic E-state index is 11.6. The van der Waals surface area contributed by atoms with Crippen molar-refractivity contribution in [3.05, 3.63) is 16.6 Å². The second-order valence-electron chi connectivity index (χ2n) is 7.72. The number of likely N-dealkylation sites (tertiary alicyclic amines) is 1. The van der Waals surface area contributed by atoms with E-state index in [2.05, 4.69) is 50.5 Å². The van der Waals surface area contributed by atoms with E-state index in [0.717, 1.165) is 18.9 Å². The van der Waals surface area contributed by atoms with E-state index in [1.54, 1.807) is 6.20 Å². The first-order valence-corrected chi connectivity index (χ1v) is 13.2. The maximum Gasteiger partial charge on any atom is 0.407 e. The van der Waals surface area contributed by atoms with E-state index in [9.17, 15) is 9.90 Å². The molecule has 0 aromatic carbocycles. The average Bonchev–Trinajstić information content (AvgIpc) is 3.15. The van der Waals surface area contributed by atoms with Crippen LogP contribution in [-0.2, 0) is 11.5 Å². The molecule has 0 spiro atoms. The molecule has 1 atom stereocenters. The van der Waals surface area contributed by atoms with Gasteiger partial charge in [0.2, 0.25) is 0 Å². The fraction of sp³-hybridized carbons (Fsp3) is 0.625. The smallest absolute Gasteiger partial charge is 0.407 e. The summed E-state index contributed by atoms with van der Waals surface area (Å²) in [7, 11) is -1.18. The Morgan fingerprint density at radius 1 is 1.42 bits per heavy atom. The summed E-state index contributed by atoms with van der Waals surface area (Å²) in [5, 5.41) is 9.48. The van der Waals surface area contributed by atoms with Gasteiger partial charge in [0.05, 0.1) is 12.2 Å². The van der Waals surface area contributed by atoms with Crippen LogP contribution in [0.15, 0.2) is 10.8 Å². The van der Waals surface area contributed by atoms with Gasteiger partial charge in [-0.2, -0.15) is 0 Å². The minimum atomic E-state index is -1.18. The number of carbonyl (C=O) groups is 1. The largest absolute Gasteiger partial charge is 0.465 e. The zero-order chi connectivity index (χ0) is 18.9. The van der Waals surface area contributed by atoms with E-state index >= 15 is 0 Å². The van der Waals surface area contributed by atoms with E-state index in [-0.39, 0.29) is 6.04 Å². The number of aromatic nitrogens is 4. The number of rotatable bonds is 6. The number of ether oxygens (including phenoxy) is 1. The molecule has 1 saturated heterocycles. The van der Waals surface area contributed by atoms with Gasteiger partial charge in [-0.05, 0) is 34.8 Å². The third-order valence-corrected chi connectivity index (χ3v) is 6.56. The summed E-state index contributed by atoms with van der Waals surface area (Å²) in [4.78, 5) is 26.4. The van der Waals surface area contributed by atoms with Crippen LogP contribution in [0.5, 0.6) is 0 Å². The number of imidazole rings is 1. The van der Waals surface area contributed by atoms with Crippen LogP contribution >= 0.6 is 15.9 Å². The van der Waals surface area contributed by atoms with Crippen molar-refractivity contribution < 1.29 is 14.6 Å². The summed E-state index contributed by atoms with van der Waals surface area (Å²) in [6.45, 7) is 8.40. The third-order valence-electron chi connectivity index (χ3n) is 4.47. The molecule has 8 nitrogen and oxygen atoms in total. The van der Waals surface area contributed by atoms with Crippen molar-refractivity contribution in [2.45, 2.75) is 51.3 Å². The molecule has 0 saturated carbocycles. The molecule has 1 amide bonds. The average molecular weight is 442 g/mol. The Kier molecular flexibility index (Phi) is 5.63. The molecule has 3 rings (SSSR count). The van der Waals surface area contributed by atoms with Crippen LogP contribution in [-0.4, -0.2) is 56.8 Å². The number of halogens is 1. The molecule has 1 N–H and O–H groups in total. The molecule has 0 bridgehead atoms. The molecule has 1 aliphatic heterocycles. The fourth-order valence-corrected chi connectivity index (χ4v) is 4.10. The standard InChI is InChI=1S/C16H24BrN5O3Si/c1-26(2,3)8-7-25-10-22-14(11-5-4-6-21(11)16(23)24)20-13-15(22)19-12(17)9-18-13/h9,11H,4-8,10H2,1-3H3,(H,23,24). The minimum absolute atomic E-state index is 0.289. The van der Waals surface area contributed by atoms with Gasteiger partial charge in [-0.1, -0.05) is 19.6 Å². The second-order valence-corrected chi connectivity index (χ2v) is 14.2. The molecule has 0 aliphatic carbocycles. The highest BCUT2D eigenvalue weighted by atomic mass is 79.9. The highest BCUT2D eigenvalue weighted by molar-refractivity contribution is 9.10. The predicted octanol–water partition coefficient (Wildman–Crippen LogP) is 3.72. The van der Waals surface area contributed by atoms with Gasteiger partial charge in [0.25, 0.3) is 0 Å². The predicted molar refractivity (Wildman–Crippen MR) is 104 cm³/mol. The molecule has 142 valence electrons. The lowest BCUT2D eigenvalue weighted by Gasteiger charge is -2.22. The lowest BCUT2D eigenvalue weighted by Crippen LogP contribution is -2.30. The topological polar surface area (TPSA) is 93.4 Å². The lowest BCUT2D eigenvalue weighted by atomic mass is 10.2. The van der Waals surface area contributed by atoms with Gasteiger partial charge in [-0.25, -0.2) is 19.7 Å². The first-order chi connectivity index (χ1) is 12.3. The molecule has 2 aromatic rings. The number of nitrogens with zero attached hydrogens (tertiary/aromatic N) is 5. The van der Waals surface area contributed by atoms with Gasteiger partial charge < -0.3 is 9.84 Å². The van der Waals surface area contributed by atoms with E-state index in [1.807, 2.05) is 4.57 Å². The van der Waals surface area contributed by atoms with Crippen molar-refractivity contribution in [1.82, 2.24) is 24.4 Å². The number of amides is 1. The van der Waals surface area contributed by atoms with Crippen LogP contribution in [0.1, 0.15) is 24.7 Å². The second kappa shape index (κ2) is 7.61. The quantitative estimate of drug-likeness (QED) is 0.542. The van der Waals surface area contributed by atoms with Gasteiger partial charge in [-0.3, -0.25) is 9.47 Å². The Balaban J connectivity index is 1.90. The SMILES string of the molecule is C[Si](C)(C)CCOCn1c(C2CCCN2C(=O)O)nc2ncc(Br)nc21. The molecule has 1 unspecified atom stereocenters. The van der Waals surface area contributed by atoms with Crippen molar-refractivity contribution in [2.75, 3.05) is 13.2 Å². The monoisotopic (exact) mass is 441 g/mol. The van der Waals surface area contributed by atoms with Crippen molar-refractivity contribution >= 4 is 41.4 Å². The van der Waals surface area contributed by atoms with Crippen molar-refractivity contribution in [3.8, 4) is 0 Å². The first kappa shape index (κ1) is 19.2. The summed E-state index contributed by atoms with van der Waals surface area (Å²) in [5.41, 5.74) is 1.12. The highest BCUT2D eigenvalue weighted by Gasteiger charge is 2.34. The first-order valence-electron chi connectivity index (χ1n) is 8.72. The minimum Gasteiger partial charge on any atom is -0.465 e. The summed E-state index contributed by atoms with van der Waals surface area (Å²) in [6, 6.07) is 0.775. The Labute approximate surface area is 161 Å². The molecular formula is C16H24BrN5O3Si. The number of hydrogen-bond acceptors (Lipinski definition) is 5. The Morgan fingerprint density at radius 3 is 2.88 bits per heavy atom. The number of fused-ring (bicyclic) bond motifs is 1. The Bertz CT molecular complexity index is 807. The van der Waals surface area contributed by atoms with Crippen LogP contribution < -0.4 is 0 Å². The molecule has 0 radical (unpaired) electrons. The van der Waals surface area contributed by atoms with Gasteiger partial charge in [-0.15, -0.1) is 0 Å². The normalized spacial score (nSPS) is 18.0. The highest BCUT2D eigenvalue weighted by Crippen LogP contribution is 2.33.